The minimum Gasteiger partial charge on any atom is -0.380 e. The highest BCUT2D eigenvalue weighted by molar-refractivity contribution is 7.10. The molecule has 2 nitrogen and oxygen atoms in total. The van der Waals surface area contributed by atoms with E-state index in [1.165, 1.54) is 28.8 Å². The summed E-state index contributed by atoms with van der Waals surface area (Å²) in [4.78, 5) is 1.43. The molecule has 1 atom stereocenters. The Labute approximate surface area is 125 Å². The number of rotatable bonds is 8. The van der Waals surface area contributed by atoms with Crippen LogP contribution in [-0.2, 0) is 17.9 Å². The molecule has 20 heavy (non-hydrogen) atoms. The maximum absolute atomic E-state index is 5.19. The Hall–Kier alpha value is -1.16. The molecule has 1 aromatic heterocycles. The van der Waals surface area contributed by atoms with Crippen LogP contribution in [0.2, 0.25) is 0 Å². The van der Waals surface area contributed by atoms with Crippen LogP contribution in [-0.4, -0.2) is 7.11 Å². The molecule has 0 aliphatic heterocycles. The minimum atomic E-state index is 0.464. The average molecular weight is 289 g/mol. The van der Waals surface area contributed by atoms with Gasteiger partial charge in [0.05, 0.1) is 6.61 Å². The molecular formula is C17H23NOS. The summed E-state index contributed by atoms with van der Waals surface area (Å²) in [6.45, 7) is 3.82. The first-order valence-electron chi connectivity index (χ1n) is 7.17. The lowest BCUT2D eigenvalue weighted by Gasteiger charge is -2.17. The molecule has 3 heteroatoms. The van der Waals surface area contributed by atoms with Crippen molar-refractivity contribution in [3.05, 3.63) is 57.8 Å². The van der Waals surface area contributed by atoms with E-state index in [0.29, 0.717) is 12.6 Å². The number of thiophene rings is 1. The molecule has 0 saturated heterocycles. The van der Waals surface area contributed by atoms with Gasteiger partial charge in [0.15, 0.2) is 0 Å². The topological polar surface area (TPSA) is 21.3 Å². The number of methoxy groups -OCH3 is 1. The maximum atomic E-state index is 5.19. The molecule has 2 rings (SSSR count). The van der Waals surface area contributed by atoms with Crippen LogP contribution in [0.1, 0.15) is 41.8 Å². The Morgan fingerprint density at radius 2 is 2.05 bits per heavy atom. The van der Waals surface area contributed by atoms with Crippen LogP contribution in [0.15, 0.2) is 41.8 Å². The Balaban J connectivity index is 1.96. The van der Waals surface area contributed by atoms with Gasteiger partial charge in [-0.1, -0.05) is 43.7 Å². The van der Waals surface area contributed by atoms with Crippen molar-refractivity contribution < 1.29 is 4.74 Å². The van der Waals surface area contributed by atoms with Crippen molar-refractivity contribution in [1.82, 2.24) is 5.32 Å². The fraction of sp³-hybridized carbons (Fsp3) is 0.412. The molecule has 0 saturated carbocycles. The van der Waals surface area contributed by atoms with E-state index in [1.54, 1.807) is 7.11 Å². The number of ether oxygens (including phenoxy) is 1. The van der Waals surface area contributed by atoms with Gasteiger partial charge in [-0.05, 0) is 29.0 Å². The Morgan fingerprint density at radius 3 is 2.75 bits per heavy atom. The van der Waals surface area contributed by atoms with Crippen LogP contribution in [0.25, 0.3) is 0 Å². The van der Waals surface area contributed by atoms with Crippen molar-refractivity contribution in [3.63, 3.8) is 0 Å². The first-order valence-corrected chi connectivity index (χ1v) is 8.05. The summed E-state index contributed by atoms with van der Waals surface area (Å²) in [6.07, 6.45) is 2.37. The zero-order valence-corrected chi connectivity index (χ0v) is 13.1. The number of nitrogens with one attached hydrogen (secondary N) is 1. The van der Waals surface area contributed by atoms with Crippen LogP contribution in [0.4, 0.5) is 0 Å². The summed E-state index contributed by atoms with van der Waals surface area (Å²) < 4.78 is 5.19. The van der Waals surface area contributed by atoms with Gasteiger partial charge in [0.1, 0.15) is 0 Å². The monoisotopic (exact) mass is 289 g/mol. The van der Waals surface area contributed by atoms with Gasteiger partial charge in [0.25, 0.3) is 0 Å². The number of hydrogen-bond donors (Lipinski definition) is 1. The van der Waals surface area contributed by atoms with Gasteiger partial charge in [-0.3, -0.25) is 0 Å². The van der Waals surface area contributed by atoms with E-state index < -0.39 is 0 Å². The zero-order valence-electron chi connectivity index (χ0n) is 12.3. The van der Waals surface area contributed by atoms with E-state index in [2.05, 4.69) is 54.0 Å². The molecule has 0 aliphatic rings. The minimum absolute atomic E-state index is 0.464. The summed E-state index contributed by atoms with van der Waals surface area (Å²) in [6, 6.07) is 13.4. The quantitative estimate of drug-likeness (QED) is 0.771. The van der Waals surface area contributed by atoms with Gasteiger partial charge in [0.2, 0.25) is 0 Å². The molecule has 0 amide bonds. The summed E-state index contributed by atoms with van der Waals surface area (Å²) in [5.41, 5.74) is 2.55. The second-order valence-electron chi connectivity index (χ2n) is 4.99. The van der Waals surface area contributed by atoms with E-state index in [1.807, 2.05) is 11.3 Å². The molecule has 1 aromatic carbocycles. The molecule has 1 N–H and O–H groups in total. The van der Waals surface area contributed by atoms with E-state index in [9.17, 15) is 0 Å². The fourth-order valence-corrected chi connectivity index (χ4v) is 3.20. The summed E-state index contributed by atoms with van der Waals surface area (Å²) in [5.74, 6) is 0. The smallest absolute Gasteiger partial charge is 0.0713 e. The molecule has 0 bridgehead atoms. The largest absolute Gasteiger partial charge is 0.380 e. The van der Waals surface area contributed by atoms with Crippen molar-refractivity contribution in [2.24, 2.45) is 0 Å². The van der Waals surface area contributed by atoms with Gasteiger partial charge in [0, 0.05) is 24.6 Å². The van der Waals surface area contributed by atoms with Crippen LogP contribution < -0.4 is 5.32 Å². The highest BCUT2D eigenvalue weighted by Crippen LogP contribution is 2.23. The Kier molecular flexibility index (Phi) is 6.25. The highest BCUT2D eigenvalue weighted by atomic mass is 32.1. The molecular weight excluding hydrogens is 266 g/mol. The van der Waals surface area contributed by atoms with E-state index in [-0.39, 0.29) is 0 Å². The van der Waals surface area contributed by atoms with Gasteiger partial charge >= 0.3 is 0 Å². The van der Waals surface area contributed by atoms with Gasteiger partial charge < -0.3 is 10.1 Å². The standard InChI is InChI=1S/C17H23NOS/c1-3-6-16(17-9-5-10-20-17)18-12-14-7-4-8-15(11-14)13-19-2/h4-5,7-11,16,18H,3,6,12-13H2,1-2H3. The maximum Gasteiger partial charge on any atom is 0.0713 e. The summed E-state index contributed by atoms with van der Waals surface area (Å²) >= 11 is 1.83. The molecule has 0 aliphatic carbocycles. The van der Waals surface area contributed by atoms with Gasteiger partial charge in [-0.15, -0.1) is 11.3 Å². The first-order chi connectivity index (χ1) is 9.83. The molecule has 0 radical (unpaired) electrons. The second kappa shape index (κ2) is 8.20. The Bertz CT molecular complexity index is 495. The fourth-order valence-electron chi connectivity index (χ4n) is 2.36. The Morgan fingerprint density at radius 1 is 1.20 bits per heavy atom. The van der Waals surface area contributed by atoms with Gasteiger partial charge in [-0.25, -0.2) is 0 Å². The van der Waals surface area contributed by atoms with Crippen LogP contribution in [0.5, 0.6) is 0 Å². The predicted molar refractivity (Wildman–Crippen MR) is 86.0 cm³/mol. The van der Waals surface area contributed by atoms with Crippen molar-refractivity contribution in [1.29, 1.82) is 0 Å². The molecule has 1 unspecified atom stereocenters. The first kappa shape index (κ1) is 15.2. The highest BCUT2D eigenvalue weighted by Gasteiger charge is 2.10. The number of hydrogen-bond acceptors (Lipinski definition) is 3. The molecule has 1 heterocycles. The van der Waals surface area contributed by atoms with E-state index >= 15 is 0 Å². The molecule has 0 fully saturated rings. The van der Waals surface area contributed by atoms with Crippen LogP contribution in [0.3, 0.4) is 0 Å². The molecule has 0 spiro atoms. The summed E-state index contributed by atoms with van der Waals surface area (Å²) in [7, 11) is 1.74. The van der Waals surface area contributed by atoms with Crippen molar-refractivity contribution in [3.8, 4) is 0 Å². The summed E-state index contributed by atoms with van der Waals surface area (Å²) in [5, 5.41) is 5.83. The third-order valence-electron chi connectivity index (χ3n) is 3.32. The van der Waals surface area contributed by atoms with Crippen LogP contribution >= 0.6 is 11.3 Å². The predicted octanol–water partition coefficient (Wildman–Crippen LogP) is 4.53. The lowest BCUT2D eigenvalue weighted by molar-refractivity contribution is 0.185. The molecule has 2 aromatic rings. The third kappa shape index (κ3) is 4.44. The number of benzene rings is 1. The molecule has 108 valence electrons. The zero-order chi connectivity index (χ0) is 14.2. The van der Waals surface area contributed by atoms with Crippen molar-refractivity contribution >= 4 is 11.3 Å². The normalized spacial score (nSPS) is 12.5. The van der Waals surface area contributed by atoms with Crippen LogP contribution in [0, 0.1) is 0 Å². The lowest BCUT2D eigenvalue weighted by Crippen LogP contribution is -2.20. The average Bonchev–Trinajstić information content (AvgIpc) is 2.98. The SMILES string of the molecule is CCCC(NCc1cccc(COC)c1)c1cccs1. The van der Waals surface area contributed by atoms with Crippen molar-refractivity contribution in [2.45, 2.75) is 39.0 Å². The van der Waals surface area contributed by atoms with E-state index in [4.69, 9.17) is 4.74 Å². The van der Waals surface area contributed by atoms with Crippen molar-refractivity contribution in [2.75, 3.05) is 7.11 Å². The van der Waals surface area contributed by atoms with Gasteiger partial charge in [-0.2, -0.15) is 0 Å². The van der Waals surface area contributed by atoms with E-state index in [0.717, 1.165) is 6.54 Å². The third-order valence-corrected chi connectivity index (χ3v) is 4.30. The second-order valence-corrected chi connectivity index (χ2v) is 5.97. The lowest BCUT2D eigenvalue weighted by atomic mass is 10.1.